The van der Waals surface area contributed by atoms with E-state index in [1.54, 1.807) is 0 Å². The fraction of sp³-hybridized carbons (Fsp3) is 0.238. The first-order valence-corrected chi connectivity index (χ1v) is 11.5. The molecule has 0 fully saturated rings. The number of hydrogen-bond acceptors (Lipinski definition) is 10. The van der Waals surface area contributed by atoms with Crippen LogP contribution in [0.3, 0.4) is 0 Å². The van der Waals surface area contributed by atoms with Crippen LogP contribution in [0.2, 0.25) is 0 Å². The molecule has 0 heterocycles. The van der Waals surface area contributed by atoms with Gasteiger partial charge in [-0.15, -0.1) is 0 Å². The molecule has 182 valence electrons. The second-order valence-corrected chi connectivity index (χ2v) is 9.26. The van der Waals surface area contributed by atoms with Crippen LogP contribution in [0.1, 0.15) is 37.6 Å². The number of ether oxygens (including phenoxy) is 2. The van der Waals surface area contributed by atoms with E-state index in [0.717, 1.165) is 7.11 Å². The highest BCUT2D eigenvalue weighted by molar-refractivity contribution is 7.80. The molecule has 3 N–H and O–H groups in total. The van der Waals surface area contributed by atoms with E-state index < -0.39 is 25.3 Å². The minimum absolute atomic E-state index is 0.0640. The van der Waals surface area contributed by atoms with Crippen molar-refractivity contribution in [3.05, 3.63) is 58.7 Å². The number of aromatic hydroxyl groups is 2. The molecule has 0 bridgehead atoms. The molecule has 0 aliphatic carbocycles. The third kappa shape index (κ3) is 6.17. The summed E-state index contributed by atoms with van der Waals surface area (Å²) in [5.74, 6) is -3.35. The SMILES string of the molecule is COC(=O)c1cc(C=NC(=S)NC(c2ccc(O)c(C(=O)OC)c2)P(=O)(OC)OC)ccc1O. The molecule has 1 unspecified atom stereocenters. The highest BCUT2D eigenvalue weighted by Gasteiger charge is 2.37. The predicted octanol–water partition coefficient (Wildman–Crippen LogP) is 3.15. The van der Waals surface area contributed by atoms with E-state index in [-0.39, 0.29) is 33.3 Å². The maximum atomic E-state index is 13.2. The number of methoxy groups -OCH3 is 2. The van der Waals surface area contributed by atoms with Gasteiger partial charge in [0.15, 0.2) is 10.9 Å². The largest absolute Gasteiger partial charge is 0.507 e. The number of aliphatic imine (C=N–C) groups is 1. The molecule has 0 spiro atoms. The van der Waals surface area contributed by atoms with Gasteiger partial charge in [0.1, 0.15) is 22.6 Å². The van der Waals surface area contributed by atoms with E-state index in [1.807, 2.05) is 0 Å². The van der Waals surface area contributed by atoms with Crippen molar-refractivity contribution in [2.24, 2.45) is 4.99 Å². The van der Waals surface area contributed by atoms with Crippen LogP contribution in [0.25, 0.3) is 0 Å². The highest BCUT2D eigenvalue weighted by Crippen LogP contribution is 2.58. The third-order valence-electron chi connectivity index (χ3n) is 4.58. The van der Waals surface area contributed by atoms with Gasteiger partial charge in [-0.1, -0.05) is 6.07 Å². The van der Waals surface area contributed by atoms with Crippen LogP contribution in [-0.4, -0.2) is 61.9 Å². The topological polar surface area (TPSA) is 153 Å². The van der Waals surface area contributed by atoms with Gasteiger partial charge >= 0.3 is 19.5 Å². The molecule has 0 amide bonds. The Balaban J connectivity index is 2.39. The average Bonchev–Trinajstić information content (AvgIpc) is 2.85. The first kappa shape index (κ1) is 26.9. The Kier molecular flexibility index (Phi) is 9.28. The van der Waals surface area contributed by atoms with Crippen molar-refractivity contribution in [3.8, 4) is 11.5 Å². The highest BCUT2D eigenvalue weighted by atomic mass is 32.1. The third-order valence-corrected chi connectivity index (χ3v) is 6.88. The summed E-state index contributed by atoms with van der Waals surface area (Å²) in [6.07, 6.45) is 1.31. The Morgan fingerprint density at radius 3 is 2.03 bits per heavy atom. The van der Waals surface area contributed by atoms with Crippen LogP contribution in [-0.2, 0) is 23.1 Å². The van der Waals surface area contributed by atoms with Gasteiger partial charge in [0.05, 0.1) is 14.2 Å². The maximum absolute atomic E-state index is 13.2. The summed E-state index contributed by atoms with van der Waals surface area (Å²) in [4.78, 5) is 27.8. The van der Waals surface area contributed by atoms with Crippen molar-refractivity contribution >= 4 is 43.1 Å². The number of esters is 2. The molecule has 1 atom stereocenters. The molecule has 2 aromatic rings. The number of carbonyl (C=O) groups is 2. The van der Waals surface area contributed by atoms with Gasteiger partial charge < -0.3 is 34.1 Å². The second kappa shape index (κ2) is 11.7. The molecule has 2 aromatic carbocycles. The van der Waals surface area contributed by atoms with Crippen molar-refractivity contribution in [3.63, 3.8) is 0 Å². The Morgan fingerprint density at radius 1 is 0.971 bits per heavy atom. The molecule has 0 saturated heterocycles. The zero-order valence-corrected chi connectivity index (χ0v) is 20.4. The van der Waals surface area contributed by atoms with Crippen LogP contribution in [0, 0.1) is 0 Å². The minimum atomic E-state index is -3.87. The normalized spacial score (nSPS) is 12.2. The summed E-state index contributed by atoms with van der Waals surface area (Å²) >= 11 is 5.24. The number of hydrogen-bond donors (Lipinski definition) is 3. The summed E-state index contributed by atoms with van der Waals surface area (Å²) in [6, 6.07) is 8.02. The Hall–Kier alpha value is -3.31. The summed E-state index contributed by atoms with van der Waals surface area (Å²) in [6.45, 7) is 0. The van der Waals surface area contributed by atoms with E-state index in [1.165, 1.54) is 63.9 Å². The van der Waals surface area contributed by atoms with E-state index >= 15 is 0 Å². The van der Waals surface area contributed by atoms with Crippen LogP contribution in [0.4, 0.5) is 0 Å². The van der Waals surface area contributed by atoms with Crippen molar-refractivity contribution in [2.75, 3.05) is 28.4 Å². The lowest BCUT2D eigenvalue weighted by Crippen LogP contribution is -2.27. The summed E-state index contributed by atoms with van der Waals surface area (Å²) in [5, 5.41) is 22.4. The lowest BCUT2D eigenvalue weighted by Gasteiger charge is -2.26. The Labute approximate surface area is 200 Å². The van der Waals surface area contributed by atoms with E-state index in [9.17, 15) is 24.4 Å². The standard InChI is InChI=1S/C21H23N2O9PS/c1-29-19(26)14-9-12(5-7-16(14)24)11-22-21(34)23-18(33(28,31-3)32-4)13-6-8-17(25)15(10-13)20(27)30-2/h5-11,18,24-25H,1-4H3,(H,23,34). The zero-order valence-electron chi connectivity index (χ0n) is 18.7. The fourth-order valence-electron chi connectivity index (χ4n) is 2.82. The molecule has 0 radical (unpaired) electrons. The Bertz CT molecular complexity index is 1160. The Morgan fingerprint density at radius 2 is 1.50 bits per heavy atom. The first-order valence-electron chi connectivity index (χ1n) is 9.48. The molecule has 34 heavy (non-hydrogen) atoms. The molecule has 0 saturated carbocycles. The summed E-state index contributed by atoms with van der Waals surface area (Å²) < 4.78 is 32.7. The number of phenols is 2. The molecule has 0 aliphatic rings. The number of carbonyl (C=O) groups excluding carboxylic acids is 2. The van der Waals surface area contributed by atoms with E-state index in [0.29, 0.717) is 5.56 Å². The smallest absolute Gasteiger partial charge is 0.356 e. The molecule has 13 heteroatoms. The molecular formula is C21H23N2O9PS. The van der Waals surface area contributed by atoms with Gasteiger partial charge in [-0.2, -0.15) is 0 Å². The average molecular weight is 510 g/mol. The van der Waals surface area contributed by atoms with Gasteiger partial charge in [0.25, 0.3) is 0 Å². The lowest BCUT2D eigenvalue weighted by atomic mass is 10.1. The van der Waals surface area contributed by atoms with E-state index in [4.69, 9.17) is 21.3 Å². The molecular weight excluding hydrogens is 487 g/mol. The van der Waals surface area contributed by atoms with Crippen LogP contribution < -0.4 is 5.32 Å². The fourth-order valence-corrected chi connectivity index (χ4v) is 4.46. The monoisotopic (exact) mass is 510 g/mol. The zero-order chi connectivity index (χ0) is 25.5. The molecule has 2 rings (SSSR count). The number of rotatable bonds is 8. The van der Waals surface area contributed by atoms with Crippen molar-refractivity contribution in [2.45, 2.75) is 5.78 Å². The number of thiocarbonyl (C=S) groups is 1. The van der Waals surface area contributed by atoms with Gasteiger partial charge in [0, 0.05) is 20.4 Å². The van der Waals surface area contributed by atoms with Gasteiger partial charge in [-0.25, -0.2) is 14.6 Å². The second-order valence-electron chi connectivity index (χ2n) is 6.55. The van der Waals surface area contributed by atoms with Crippen molar-refractivity contribution in [1.29, 1.82) is 0 Å². The number of phenolic OH excluding ortho intramolecular Hbond substituents is 2. The van der Waals surface area contributed by atoms with Gasteiger partial charge in [0.2, 0.25) is 0 Å². The van der Waals surface area contributed by atoms with Crippen molar-refractivity contribution in [1.82, 2.24) is 5.32 Å². The molecule has 0 aliphatic heterocycles. The van der Waals surface area contributed by atoms with Crippen LogP contribution in [0.15, 0.2) is 41.4 Å². The van der Waals surface area contributed by atoms with Crippen LogP contribution >= 0.6 is 19.8 Å². The first-order chi connectivity index (χ1) is 16.1. The molecule has 11 nitrogen and oxygen atoms in total. The minimum Gasteiger partial charge on any atom is -0.507 e. The summed E-state index contributed by atoms with van der Waals surface area (Å²) in [5.41, 5.74) is 0.420. The van der Waals surface area contributed by atoms with Gasteiger partial charge in [-0.05, 0) is 53.7 Å². The van der Waals surface area contributed by atoms with Gasteiger partial charge in [-0.3, -0.25) is 4.57 Å². The lowest BCUT2D eigenvalue weighted by molar-refractivity contribution is 0.0588. The molecule has 0 aromatic heterocycles. The quantitative estimate of drug-likeness (QED) is 0.208. The maximum Gasteiger partial charge on any atom is 0.356 e. The van der Waals surface area contributed by atoms with Crippen molar-refractivity contribution < 1.29 is 42.9 Å². The number of benzene rings is 2. The predicted molar refractivity (Wildman–Crippen MR) is 127 cm³/mol. The van der Waals surface area contributed by atoms with E-state index in [2.05, 4.69) is 19.8 Å². The summed E-state index contributed by atoms with van der Waals surface area (Å²) in [7, 11) is 0.820. The number of nitrogens with zero attached hydrogens (tertiary/aromatic N) is 1. The van der Waals surface area contributed by atoms with Crippen LogP contribution in [0.5, 0.6) is 11.5 Å². The number of nitrogens with one attached hydrogen (secondary N) is 1.